The maximum Gasteiger partial charge on any atom is 0.133 e. The van der Waals surface area contributed by atoms with Crippen LogP contribution in [0.25, 0.3) is 0 Å². The lowest BCUT2D eigenvalue weighted by atomic mass is 10.1. The average molecular weight is 152 g/mol. The number of hydrogen-bond donors (Lipinski definition) is 1. The highest BCUT2D eigenvalue weighted by molar-refractivity contribution is 5.01. The molecular formula is C7H12N4. The Kier molecular flexibility index (Phi) is 1.42. The lowest BCUT2D eigenvalue weighted by Crippen LogP contribution is -2.15. The molecule has 0 saturated heterocycles. The zero-order valence-electron chi connectivity index (χ0n) is 6.62. The predicted octanol–water partition coefficient (Wildman–Crippen LogP) is -0.282. The van der Waals surface area contributed by atoms with Gasteiger partial charge in [-0.1, -0.05) is 0 Å². The molecule has 2 rings (SSSR count). The third-order valence-electron chi connectivity index (χ3n) is 2.26. The van der Waals surface area contributed by atoms with Gasteiger partial charge in [0.2, 0.25) is 0 Å². The summed E-state index contributed by atoms with van der Waals surface area (Å²) < 4.78 is 2.15. The van der Waals surface area contributed by atoms with Crippen molar-refractivity contribution in [2.45, 2.75) is 19.9 Å². The third kappa shape index (κ3) is 0.939. The largest absolute Gasteiger partial charge is 0.330 e. The lowest BCUT2D eigenvalue weighted by molar-refractivity contribution is 0.514. The molecule has 0 bridgehead atoms. The van der Waals surface area contributed by atoms with Crippen molar-refractivity contribution in [3.05, 3.63) is 11.6 Å². The van der Waals surface area contributed by atoms with E-state index in [1.165, 1.54) is 0 Å². The highest BCUT2D eigenvalue weighted by Gasteiger charge is 2.22. The van der Waals surface area contributed by atoms with Gasteiger partial charge in [0.15, 0.2) is 0 Å². The van der Waals surface area contributed by atoms with Crippen molar-refractivity contribution >= 4 is 0 Å². The van der Waals surface area contributed by atoms with Gasteiger partial charge in [-0.05, 0) is 19.4 Å². The van der Waals surface area contributed by atoms with Crippen molar-refractivity contribution in [1.82, 2.24) is 14.8 Å². The number of rotatable bonds is 1. The first kappa shape index (κ1) is 6.79. The van der Waals surface area contributed by atoms with Crippen LogP contribution < -0.4 is 5.73 Å². The molecule has 4 heteroatoms. The van der Waals surface area contributed by atoms with E-state index in [0.717, 1.165) is 31.2 Å². The van der Waals surface area contributed by atoms with E-state index in [-0.39, 0.29) is 0 Å². The molecule has 0 amide bonds. The van der Waals surface area contributed by atoms with Gasteiger partial charge in [0.25, 0.3) is 0 Å². The van der Waals surface area contributed by atoms with Gasteiger partial charge in [0.05, 0.1) is 0 Å². The van der Waals surface area contributed by atoms with Crippen molar-refractivity contribution in [3.63, 3.8) is 0 Å². The minimum atomic E-state index is 0.583. The Labute approximate surface area is 65.4 Å². The standard InChI is InChI=1S/C7H12N4/c1-5-9-10-7-2-6(3-8)4-11(5)7/h6H,2-4,8H2,1H3. The van der Waals surface area contributed by atoms with Crippen molar-refractivity contribution in [3.8, 4) is 0 Å². The Morgan fingerprint density at radius 1 is 1.64 bits per heavy atom. The van der Waals surface area contributed by atoms with E-state index >= 15 is 0 Å². The van der Waals surface area contributed by atoms with Crippen LogP contribution in [0.1, 0.15) is 11.6 Å². The summed E-state index contributed by atoms with van der Waals surface area (Å²) in [7, 11) is 0. The molecular weight excluding hydrogens is 140 g/mol. The maximum absolute atomic E-state index is 5.56. The molecule has 11 heavy (non-hydrogen) atoms. The summed E-state index contributed by atoms with van der Waals surface area (Å²) in [6, 6.07) is 0. The summed E-state index contributed by atoms with van der Waals surface area (Å²) in [6.45, 7) is 3.74. The minimum absolute atomic E-state index is 0.583. The van der Waals surface area contributed by atoms with Gasteiger partial charge in [-0.3, -0.25) is 0 Å². The molecule has 0 radical (unpaired) electrons. The second-order valence-corrected chi connectivity index (χ2v) is 3.08. The van der Waals surface area contributed by atoms with E-state index in [1.807, 2.05) is 6.92 Å². The molecule has 1 aliphatic heterocycles. The molecule has 2 heterocycles. The summed E-state index contributed by atoms with van der Waals surface area (Å²) in [5.74, 6) is 2.69. The summed E-state index contributed by atoms with van der Waals surface area (Å²) in [5, 5.41) is 8.03. The summed E-state index contributed by atoms with van der Waals surface area (Å²) in [5.41, 5.74) is 5.56. The van der Waals surface area contributed by atoms with Crippen molar-refractivity contribution in [1.29, 1.82) is 0 Å². The molecule has 1 aromatic heterocycles. The molecule has 0 aromatic carbocycles. The Hall–Kier alpha value is -0.900. The van der Waals surface area contributed by atoms with Crippen LogP contribution in [0.3, 0.4) is 0 Å². The first-order chi connectivity index (χ1) is 5.31. The number of aromatic nitrogens is 3. The molecule has 0 aliphatic carbocycles. The Balaban J connectivity index is 2.27. The Morgan fingerprint density at radius 2 is 2.45 bits per heavy atom. The van der Waals surface area contributed by atoms with E-state index in [1.54, 1.807) is 0 Å². The van der Waals surface area contributed by atoms with Crippen LogP contribution in [-0.4, -0.2) is 21.3 Å². The highest BCUT2D eigenvalue weighted by Crippen LogP contribution is 2.18. The van der Waals surface area contributed by atoms with E-state index in [2.05, 4.69) is 14.8 Å². The number of aryl methyl sites for hydroxylation is 1. The highest BCUT2D eigenvalue weighted by atomic mass is 15.3. The molecule has 0 saturated carbocycles. The molecule has 0 spiro atoms. The number of nitrogens with two attached hydrogens (primary N) is 1. The summed E-state index contributed by atoms with van der Waals surface area (Å²) in [6.07, 6.45) is 0.997. The molecule has 1 unspecified atom stereocenters. The molecule has 4 nitrogen and oxygen atoms in total. The van der Waals surface area contributed by atoms with Gasteiger partial charge in [-0.25, -0.2) is 0 Å². The molecule has 1 aromatic rings. The predicted molar refractivity (Wildman–Crippen MR) is 41.0 cm³/mol. The van der Waals surface area contributed by atoms with Crippen molar-refractivity contribution in [2.24, 2.45) is 11.7 Å². The van der Waals surface area contributed by atoms with Gasteiger partial charge in [0.1, 0.15) is 11.6 Å². The molecule has 2 N–H and O–H groups in total. The third-order valence-corrected chi connectivity index (χ3v) is 2.26. The Bertz CT molecular complexity index is 265. The van der Waals surface area contributed by atoms with Gasteiger partial charge >= 0.3 is 0 Å². The van der Waals surface area contributed by atoms with Gasteiger partial charge in [0, 0.05) is 13.0 Å². The van der Waals surface area contributed by atoms with Crippen LogP contribution in [0.4, 0.5) is 0 Å². The first-order valence-electron chi connectivity index (χ1n) is 3.90. The quantitative estimate of drug-likeness (QED) is 0.602. The lowest BCUT2D eigenvalue weighted by Gasteiger charge is -2.02. The normalized spacial score (nSPS) is 22.2. The van der Waals surface area contributed by atoms with Crippen LogP contribution in [0.2, 0.25) is 0 Å². The topological polar surface area (TPSA) is 56.7 Å². The van der Waals surface area contributed by atoms with Crippen LogP contribution in [0.5, 0.6) is 0 Å². The molecule has 1 atom stereocenters. The van der Waals surface area contributed by atoms with Crippen molar-refractivity contribution < 1.29 is 0 Å². The van der Waals surface area contributed by atoms with Crippen molar-refractivity contribution in [2.75, 3.05) is 6.54 Å². The molecule has 60 valence electrons. The van der Waals surface area contributed by atoms with E-state index in [4.69, 9.17) is 5.73 Å². The first-order valence-corrected chi connectivity index (χ1v) is 3.90. The van der Waals surface area contributed by atoms with E-state index < -0.39 is 0 Å². The number of hydrogen-bond acceptors (Lipinski definition) is 3. The SMILES string of the molecule is Cc1nnc2n1CC(CN)C2. The monoisotopic (exact) mass is 152 g/mol. The maximum atomic E-state index is 5.56. The van der Waals surface area contributed by atoms with Crippen LogP contribution in [0.15, 0.2) is 0 Å². The van der Waals surface area contributed by atoms with Gasteiger partial charge in [-0.2, -0.15) is 0 Å². The fourth-order valence-electron chi connectivity index (χ4n) is 1.55. The second kappa shape index (κ2) is 2.30. The molecule has 0 fully saturated rings. The minimum Gasteiger partial charge on any atom is -0.330 e. The summed E-state index contributed by atoms with van der Waals surface area (Å²) in [4.78, 5) is 0. The zero-order valence-corrected chi connectivity index (χ0v) is 6.62. The smallest absolute Gasteiger partial charge is 0.133 e. The van der Waals surface area contributed by atoms with E-state index in [0.29, 0.717) is 5.92 Å². The fourth-order valence-corrected chi connectivity index (χ4v) is 1.55. The molecule has 1 aliphatic rings. The van der Waals surface area contributed by atoms with Crippen LogP contribution in [-0.2, 0) is 13.0 Å². The van der Waals surface area contributed by atoms with Gasteiger partial charge < -0.3 is 10.3 Å². The fraction of sp³-hybridized carbons (Fsp3) is 0.714. The number of nitrogens with zero attached hydrogens (tertiary/aromatic N) is 3. The number of fused-ring (bicyclic) bond motifs is 1. The zero-order chi connectivity index (χ0) is 7.84. The summed E-state index contributed by atoms with van der Waals surface area (Å²) >= 11 is 0. The second-order valence-electron chi connectivity index (χ2n) is 3.08. The van der Waals surface area contributed by atoms with Gasteiger partial charge in [-0.15, -0.1) is 10.2 Å². The van der Waals surface area contributed by atoms with Crippen LogP contribution >= 0.6 is 0 Å². The van der Waals surface area contributed by atoms with E-state index in [9.17, 15) is 0 Å². The van der Waals surface area contributed by atoms with Crippen LogP contribution in [0, 0.1) is 12.8 Å². The Morgan fingerprint density at radius 3 is 3.09 bits per heavy atom. The average Bonchev–Trinajstić information content (AvgIpc) is 2.53.